The van der Waals surface area contributed by atoms with Crippen molar-refractivity contribution in [3.05, 3.63) is 75.9 Å². The van der Waals surface area contributed by atoms with Crippen molar-refractivity contribution in [2.24, 2.45) is 0 Å². The summed E-state index contributed by atoms with van der Waals surface area (Å²) in [5, 5.41) is 0. The highest BCUT2D eigenvalue weighted by Gasteiger charge is 2.61. The molecule has 0 saturated carbocycles. The normalized spacial score (nSPS) is 12.2. The van der Waals surface area contributed by atoms with Gasteiger partial charge < -0.3 is 28.4 Å². The second-order valence-electron chi connectivity index (χ2n) is 6.38. The molecule has 2 unspecified atom stereocenters. The first-order valence-electron chi connectivity index (χ1n) is 10.1. The van der Waals surface area contributed by atoms with Crippen molar-refractivity contribution >= 4 is 35.8 Å². The highest BCUT2D eigenvalue weighted by molar-refractivity contribution is 5.85. The number of carbonyl (C=O) groups is 6. The molecule has 0 aliphatic rings. The van der Waals surface area contributed by atoms with Gasteiger partial charge in [0.2, 0.25) is 12.2 Å². The van der Waals surface area contributed by atoms with Crippen LogP contribution in [0.5, 0.6) is 0 Å². The Morgan fingerprint density at radius 2 is 0.703 bits per heavy atom. The van der Waals surface area contributed by atoms with Crippen LogP contribution in [0.15, 0.2) is 75.9 Å². The third-order valence-corrected chi connectivity index (χ3v) is 3.84. The molecular weight excluding hydrogens is 496 g/mol. The third-order valence-electron chi connectivity index (χ3n) is 3.84. The van der Waals surface area contributed by atoms with Crippen LogP contribution >= 0.6 is 0 Å². The number of esters is 6. The van der Waals surface area contributed by atoms with Crippen LogP contribution < -0.4 is 0 Å². The van der Waals surface area contributed by atoms with Gasteiger partial charge in [-0.1, -0.05) is 39.5 Å². The average Bonchev–Trinajstić information content (AvgIpc) is 2.87. The minimum absolute atomic E-state index is 0.593. The van der Waals surface area contributed by atoms with Gasteiger partial charge in [0.25, 0.3) is 0 Å². The summed E-state index contributed by atoms with van der Waals surface area (Å²) in [4.78, 5) is 72.8. The zero-order chi connectivity index (χ0) is 28.8. The van der Waals surface area contributed by atoms with Crippen molar-refractivity contribution in [3.8, 4) is 0 Å². The minimum Gasteiger partial charge on any atom is -0.448 e. The highest BCUT2D eigenvalue weighted by atomic mass is 17.0. The fourth-order valence-corrected chi connectivity index (χ4v) is 2.14. The van der Waals surface area contributed by atoms with E-state index in [0.29, 0.717) is 36.5 Å². The summed E-state index contributed by atoms with van der Waals surface area (Å²) < 4.78 is 35.8. The molecule has 0 spiro atoms. The van der Waals surface area contributed by atoms with Gasteiger partial charge in [0, 0.05) is 36.5 Å². The monoisotopic (exact) mass is 522 g/mol. The summed E-state index contributed by atoms with van der Waals surface area (Å²) in [5.41, 5.74) is 0. The first-order valence-corrected chi connectivity index (χ1v) is 10.1. The lowest BCUT2D eigenvalue weighted by Gasteiger charge is -2.42. The Balaban J connectivity index is 7.38. The molecule has 0 aromatic carbocycles. The van der Waals surface area contributed by atoms with E-state index in [1.54, 1.807) is 0 Å². The summed E-state index contributed by atoms with van der Waals surface area (Å²) in [5.74, 6) is -14.1. The molecule has 0 fully saturated rings. The summed E-state index contributed by atoms with van der Waals surface area (Å²) in [6.45, 7) is 21.2. The summed E-state index contributed by atoms with van der Waals surface area (Å²) in [6, 6.07) is 0. The van der Waals surface area contributed by atoms with E-state index >= 15 is 0 Å². The van der Waals surface area contributed by atoms with E-state index in [9.17, 15) is 28.8 Å². The number of hydrogen-bond donors (Lipinski definition) is 0. The molecule has 13 nitrogen and oxygen atoms in total. The van der Waals surface area contributed by atoms with Gasteiger partial charge >= 0.3 is 47.8 Å². The Morgan fingerprint density at radius 3 is 0.892 bits per heavy atom. The number of ether oxygens (including phenoxy) is 7. The quantitative estimate of drug-likeness (QED) is 0.124. The fraction of sp³-hybridized carbons (Fsp3) is 0.250. The van der Waals surface area contributed by atoms with Gasteiger partial charge in [0.15, 0.2) is 0 Å². The minimum atomic E-state index is -3.22. The van der Waals surface area contributed by atoms with Gasteiger partial charge in [0.1, 0.15) is 0 Å². The molecule has 37 heavy (non-hydrogen) atoms. The zero-order valence-corrected chi connectivity index (χ0v) is 20.2. The Hall–Kier alpha value is -4.78. The molecule has 13 heteroatoms. The number of hydrogen-bond acceptors (Lipinski definition) is 13. The molecule has 200 valence electrons. The van der Waals surface area contributed by atoms with E-state index in [-0.39, 0.29) is 0 Å². The molecule has 0 bridgehead atoms. The molecule has 0 amide bonds. The maximum absolute atomic E-state index is 12.2. The molecule has 0 rings (SSSR count). The summed E-state index contributed by atoms with van der Waals surface area (Å²) in [7, 11) is 0. The van der Waals surface area contributed by atoms with Crippen molar-refractivity contribution < 1.29 is 61.9 Å². The second kappa shape index (κ2) is 14.6. The average molecular weight is 522 g/mol. The lowest BCUT2D eigenvalue weighted by molar-refractivity contribution is -0.491. The van der Waals surface area contributed by atoms with Crippen LogP contribution in [-0.4, -0.2) is 60.0 Å². The van der Waals surface area contributed by atoms with Gasteiger partial charge in [-0.2, -0.15) is 0 Å². The molecule has 2 atom stereocenters. The van der Waals surface area contributed by atoms with Crippen LogP contribution in [0.3, 0.4) is 0 Å². The van der Waals surface area contributed by atoms with Gasteiger partial charge in [-0.25, -0.2) is 33.5 Å². The molecule has 0 heterocycles. The van der Waals surface area contributed by atoms with E-state index in [1.807, 2.05) is 0 Å². The molecular formula is C24H26O13. The summed E-state index contributed by atoms with van der Waals surface area (Å²) in [6.07, 6.45) is -0.0692. The summed E-state index contributed by atoms with van der Waals surface area (Å²) >= 11 is 0. The molecule has 0 aliphatic heterocycles. The first-order chi connectivity index (χ1) is 17.3. The van der Waals surface area contributed by atoms with E-state index in [2.05, 4.69) is 39.5 Å². The predicted molar refractivity (Wildman–Crippen MR) is 123 cm³/mol. The largest absolute Gasteiger partial charge is 0.448 e. The van der Waals surface area contributed by atoms with Crippen LogP contribution in [0.4, 0.5) is 0 Å². The van der Waals surface area contributed by atoms with Gasteiger partial charge in [-0.3, -0.25) is 0 Å². The standard InChI is InChI=1S/C24H26O13/c1-9-17(25)31-15(7)23(33-19(27)11-3,34-20(28)12-4)37-24(35-21(29)13-5,36-22(30)14-6)16(8)32-18(26)10-2/h9-16H,1-6H2,7-8H3. The van der Waals surface area contributed by atoms with E-state index in [4.69, 9.17) is 33.2 Å². The van der Waals surface area contributed by atoms with Crippen molar-refractivity contribution in [1.29, 1.82) is 0 Å². The van der Waals surface area contributed by atoms with E-state index < -0.39 is 60.0 Å². The number of carbonyl (C=O) groups excluding carboxylic acids is 6. The van der Waals surface area contributed by atoms with Crippen LogP contribution in [0.25, 0.3) is 0 Å². The molecule has 0 N–H and O–H groups in total. The molecule has 0 radical (unpaired) electrons. The smallest absolute Gasteiger partial charge is 0.421 e. The Morgan fingerprint density at radius 1 is 0.486 bits per heavy atom. The topological polar surface area (TPSA) is 167 Å². The molecule has 0 aliphatic carbocycles. The van der Waals surface area contributed by atoms with Crippen molar-refractivity contribution in [2.75, 3.05) is 0 Å². The van der Waals surface area contributed by atoms with E-state index in [1.165, 1.54) is 0 Å². The third kappa shape index (κ3) is 9.41. The van der Waals surface area contributed by atoms with Gasteiger partial charge in [-0.05, 0) is 13.8 Å². The van der Waals surface area contributed by atoms with Crippen LogP contribution in [0, 0.1) is 0 Å². The zero-order valence-electron chi connectivity index (χ0n) is 20.2. The fourth-order valence-electron chi connectivity index (χ4n) is 2.14. The van der Waals surface area contributed by atoms with E-state index in [0.717, 1.165) is 13.8 Å². The van der Waals surface area contributed by atoms with Crippen molar-refractivity contribution in [1.82, 2.24) is 0 Å². The Kier molecular flexibility index (Phi) is 12.7. The lowest BCUT2D eigenvalue weighted by Crippen LogP contribution is -2.63. The molecule has 0 aromatic heterocycles. The molecule has 0 saturated heterocycles. The van der Waals surface area contributed by atoms with Gasteiger partial charge in [-0.15, -0.1) is 0 Å². The predicted octanol–water partition coefficient (Wildman–Crippen LogP) is 1.46. The van der Waals surface area contributed by atoms with Crippen LogP contribution in [0.1, 0.15) is 13.8 Å². The lowest BCUT2D eigenvalue weighted by atomic mass is 10.2. The van der Waals surface area contributed by atoms with Crippen LogP contribution in [0.2, 0.25) is 0 Å². The van der Waals surface area contributed by atoms with Crippen LogP contribution in [-0.2, 0) is 61.9 Å². The highest BCUT2D eigenvalue weighted by Crippen LogP contribution is 2.35. The van der Waals surface area contributed by atoms with Gasteiger partial charge in [0.05, 0.1) is 0 Å². The van der Waals surface area contributed by atoms with Crippen molar-refractivity contribution in [2.45, 2.75) is 38.0 Å². The maximum Gasteiger partial charge on any atom is 0.421 e. The molecule has 0 aromatic rings. The Bertz CT molecular complexity index is 869. The first kappa shape index (κ1) is 32.2. The SMILES string of the molecule is C=CC(=O)OC(C)C(OC(=O)C=C)(OC(=O)C=C)OC(OC(=O)C=C)(OC(=O)C=C)C(C)OC(=O)C=C. The van der Waals surface area contributed by atoms with Crippen molar-refractivity contribution in [3.63, 3.8) is 0 Å². The maximum atomic E-state index is 12.2. The Labute approximate surface area is 212 Å². The number of rotatable bonds is 16. The second-order valence-corrected chi connectivity index (χ2v) is 6.38.